The maximum Gasteiger partial charge on any atom is 0.291 e. The minimum Gasteiger partial charge on any atom is -0.399 e. The highest BCUT2D eigenvalue weighted by Crippen LogP contribution is 2.31. The van der Waals surface area contributed by atoms with Gasteiger partial charge in [-0.3, -0.25) is 4.79 Å². The second-order valence-electron chi connectivity index (χ2n) is 5.83. The van der Waals surface area contributed by atoms with Crippen LogP contribution in [-0.4, -0.2) is 25.5 Å². The summed E-state index contributed by atoms with van der Waals surface area (Å²) in [6.45, 7) is 0. The molecule has 0 saturated carbocycles. The number of nitrogens with zero attached hydrogens (tertiary/aromatic N) is 4. The molecule has 0 spiro atoms. The van der Waals surface area contributed by atoms with Gasteiger partial charge in [0.05, 0.1) is 10.5 Å². The first-order chi connectivity index (χ1) is 11.6. The highest BCUT2D eigenvalue weighted by Gasteiger charge is 2.24. The van der Waals surface area contributed by atoms with Gasteiger partial charge in [0.15, 0.2) is 0 Å². The standard InChI is InChI=1S/C16H15BrN6O/c17-10-7-19-16-21-14(22-23(16)8-10)15(24)20-13-3-1-2-9-6-11(18)4-5-12(9)13/h4-8,13H,1-3,18H2,(H,20,24). The highest BCUT2D eigenvalue weighted by molar-refractivity contribution is 9.10. The Balaban J connectivity index is 1.60. The van der Waals surface area contributed by atoms with Crippen LogP contribution in [0.15, 0.2) is 35.1 Å². The molecule has 1 aromatic carbocycles. The van der Waals surface area contributed by atoms with E-state index in [0.717, 1.165) is 35.0 Å². The van der Waals surface area contributed by atoms with Crippen molar-refractivity contribution in [1.82, 2.24) is 24.9 Å². The first-order valence-corrected chi connectivity index (χ1v) is 8.46. The number of aryl methyl sites for hydroxylation is 1. The number of amides is 1. The van der Waals surface area contributed by atoms with E-state index in [9.17, 15) is 4.79 Å². The fraction of sp³-hybridized carbons (Fsp3) is 0.250. The lowest BCUT2D eigenvalue weighted by Crippen LogP contribution is -2.31. The summed E-state index contributed by atoms with van der Waals surface area (Å²) >= 11 is 3.32. The van der Waals surface area contributed by atoms with E-state index in [4.69, 9.17) is 5.73 Å². The van der Waals surface area contributed by atoms with Gasteiger partial charge >= 0.3 is 0 Å². The van der Waals surface area contributed by atoms with Gasteiger partial charge in [-0.2, -0.15) is 4.98 Å². The minimum absolute atomic E-state index is 0.0480. The first-order valence-electron chi connectivity index (χ1n) is 7.67. The molecule has 1 aliphatic rings. The zero-order valence-electron chi connectivity index (χ0n) is 12.7. The lowest BCUT2D eigenvalue weighted by Gasteiger charge is -2.26. The van der Waals surface area contributed by atoms with Gasteiger partial charge in [-0.25, -0.2) is 9.50 Å². The number of halogens is 1. The van der Waals surface area contributed by atoms with Gasteiger partial charge in [0.2, 0.25) is 5.82 Å². The lowest BCUT2D eigenvalue weighted by molar-refractivity contribution is 0.0922. The minimum atomic E-state index is -0.300. The molecule has 4 rings (SSSR count). The summed E-state index contributed by atoms with van der Waals surface area (Å²) in [5.41, 5.74) is 8.92. The number of fused-ring (bicyclic) bond motifs is 2. The molecule has 2 heterocycles. The van der Waals surface area contributed by atoms with Gasteiger partial charge in [0.25, 0.3) is 11.7 Å². The van der Waals surface area contributed by atoms with Gasteiger partial charge in [0.1, 0.15) is 0 Å². The van der Waals surface area contributed by atoms with Crippen LogP contribution < -0.4 is 11.1 Å². The van der Waals surface area contributed by atoms with Crippen LogP contribution in [-0.2, 0) is 6.42 Å². The summed E-state index contributed by atoms with van der Waals surface area (Å²) in [6.07, 6.45) is 6.21. The third-order valence-corrected chi connectivity index (χ3v) is 4.56. The SMILES string of the molecule is Nc1ccc2c(c1)CCCC2NC(=O)c1nc2ncc(Br)cn2n1. The normalized spacial score (nSPS) is 16.8. The van der Waals surface area contributed by atoms with E-state index in [2.05, 4.69) is 36.3 Å². The van der Waals surface area contributed by atoms with Crippen molar-refractivity contribution in [2.75, 3.05) is 5.73 Å². The number of nitrogens with one attached hydrogen (secondary N) is 1. The molecule has 3 N–H and O–H groups in total. The molecular weight excluding hydrogens is 372 g/mol. The first kappa shape index (κ1) is 15.1. The molecular formula is C16H15BrN6O. The average molecular weight is 387 g/mol. The maximum atomic E-state index is 12.5. The molecule has 1 aliphatic carbocycles. The van der Waals surface area contributed by atoms with E-state index in [-0.39, 0.29) is 17.8 Å². The number of nitrogen functional groups attached to an aromatic ring is 1. The van der Waals surface area contributed by atoms with E-state index in [1.807, 2.05) is 18.2 Å². The Labute approximate surface area is 146 Å². The molecule has 0 fully saturated rings. The fourth-order valence-electron chi connectivity index (χ4n) is 3.06. The monoisotopic (exact) mass is 386 g/mol. The highest BCUT2D eigenvalue weighted by atomic mass is 79.9. The number of carbonyl (C=O) groups excluding carboxylic acids is 1. The molecule has 1 unspecified atom stereocenters. The topological polar surface area (TPSA) is 98.2 Å². The van der Waals surface area contributed by atoms with Crippen LogP contribution in [0.2, 0.25) is 0 Å². The quantitative estimate of drug-likeness (QED) is 0.658. The molecule has 0 radical (unpaired) electrons. The van der Waals surface area contributed by atoms with Crippen LogP contribution in [0.4, 0.5) is 5.69 Å². The average Bonchev–Trinajstić information content (AvgIpc) is 2.98. The van der Waals surface area contributed by atoms with E-state index >= 15 is 0 Å². The van der Waals surface area contributed by atoms with E-state index in [1.165, 1.54) is 10.1 Å². The Morgan fingerprint density at radius 3 is 3.17 bits per heavy atom. The van der Waals surface area contributed by atoms with Crippen LogP contribution in [0.3, 0.4) is 0 Å². The van der Waals surface area contributed by atoms with Crippen molar-refractivity contribution < 1.29 is 4.79 Å². The molecule has 24 heavy (non-hydrogen) atoms. The van der Waals surface area contributed by atoms with Crippen molar-refractivity contribution in [2.24, 2.45) is 0 Å². The Bertz CT molecular complexity index is 937. The summed E-state index contributed by atoms with van der Waals surface area (Å²) in [5, 5.41) is 7.22. The predicted molar refractivity (Wildman–Crippen MR) is 92.5 cm³/mol. The van der Waals surface area contributed by atoms with Gasteiger partial charge in [0, 0.05) is 18.1 Å². The van der Waals surface area contributed by atoms with E-state index in [1.54, 1.807) is 12.4 Å². The smallest absolute Gasteiger partial charge is 0.291 e. The van der Waals surface area contributed by atoms with Gasteiger partial charge in [-0.1, -0.05) is 6.07 Å². The fourth-order valence-corrected chi connectivity index (χ4v) is 3.36. The number of nitrogens with two attached hydrogens (primary N) is 1. The van der Waals surface area contributed by atoms with Crippen molar-refractivity contribution in [3.63, 3.8) is 0 Å². The summed E-state index contributed by atoms with van der Waals surface area (Å²) < 4.78 is 2.25. The zero-order valence-corrected chi connectivity index (χ0v) is 14.3. The van der Waals surface area contributed by atoms with Crippen LogP contribution in [0, 0.1) is 0 Å². The Morgan fingerprint density at radius 1 is 1.42 bits per heavy atom. The number of aromatic nitrogens is 4. The summed E-state index contributed by atoms with van der Waals surface area (Å²) in [7, 11) is 0. The number of hydrogen-bond donors (Lipinski definition) is 2. The number of carbonyl (C=O) groups is 1. The molecule has 3 aromatic rings. The molecule has 0 saturated heterocycles. The second-order valence-corrected chi connectivity index (χ2v) is 6.74. The maximum absolute atomic E-state index is 12.5. The van der Waals surface area contributed by atoms with Crippen LogP contribution in [0.25, 0.3) is 5.78 Å². The third-order valence-electron chi connectivity index (χ3n) is 4.15. The van der Waals surface area contributed by atoms with Crippen LogP contribution in [0.1, 0.15) is 40.6 Å². The Morgan fingerprint density at radius 2 is 2.29 bits per heavy atom. The van der Waals surface area contributed by atoms with Crippen molar-refractivity contribution in [1.29, 1.82) is 0 Å². The summed E-state index contributed by atoms with van der Waals surface area (Å²) in [4.78, 5) is 20.8. The van der Waals surface area contributed by atoms with E-state index < -0.39 is 0 Å². The van der Waals surface area contributed by atoms with Crippen molar-refractivity contribution in [2.45, 2.75) is 25.3 Å². The lowest BCUT2D eigenvalue weighted by atomic mass is 9.87. The summed E-state index contributed by atoms with van der Waals surface area (Å²) in [6, 6.07) is 5.80. The Hall–Kier alpha value is -2.48. The molecule has 1 atom stereocenters. The molecule has 0 bridgehead atoms. The number of anilines is 1. The number of rotatable bonds is 2. The molecule has 7 nitrogen and oxygen atoms in total. The summed E-state index contributed by atoms with van der Waals surface area (Å²) in [5.74, 6) is 0.203. The third kappa shape index (κ3) is 2.73. The number of hydrogen-bond acceptors (Lipinski definition) is 5. The van der Waals surface area contributed by atoms with Crippen LogP contribution in [0.5, 0.6) is 0 Å². The molecule has 0 aliphatic heterocycles. The van der Waals surface area contributed by atoms with Gasteiger partial charge in [-0.05, 0) is 58.5 Å². The second kappa shape index (κ2) is 5.86. The van der Waals surface area contributed by atoms with E-state index in [0.29, 0.717) is 5.78 Å². The molecule has 1 amide bonds. The Kier molecular flexibility index (Phi) is 3.68. The van der Waals surface area contributed by atoms with Crippen molar-refractivity contribution in [3.8, 4) is 0 Å². The molecule has 2 aromatic heterocycles. The number of benzene rings is 1. The van der Waals surface area contributed by atoms with Crippen molar-refractivity contribution >= 4 is 33.3 Å². The van der Waals surface area contributed by atoms with Crippen molar-refractivity contribution in [3.05, 3.63) is 52.0 Å². The largest absolute Gasteiger partial charge is 0.399 e. The molecule has 8 heteroatoms. The van der Waals surface area contributed by atoms with Gasteiger partial charge < -0.3 is 11.1 Å². The van der Waals surface area contributed by atoms with Gasteiger partial charge in [-0.15, -0.1) is 5.10 Å². The van der Waals surface area contributed by atoms with Crippen LogP contribution >= 0.6 is 15.9 Å². The predicted octanol–water partition coefficient (Wildman–Crippen LogP) is 2.28. The zero-order chi connectivity index (χ0) is 16.7. The molecule has 122 valence electrons.